The molecule has 10 rings (SSSR count). The Morgan fingerprint density at radius 1 is 0.367 bits per heavy atom. The lowest BCUT2D eigenvalue weighted by molar-refractivity contribution is -0.137. The summed E-state index contributed by atoms with van der Waals surface area (Å²) >= 11 is 0. The van der Waals surface area contributed by atoms with Gasteiger partial charge in [-0.25, -0.2) is 39.6 Å². The van der Waals surface area contributed by atoms with E-state index >= 15 is 0 Å². The number of benzene rings is 10. The monoisotopic (exact) mass is 1280 g/mol. The summed E-state index contributed by atoms with van der Waals surface area (Å²) in [5, 5.41) is 28.4. The maximum absolute atomic E-state index is 12.9. The fourth-order valence-electron chi connectivity index (χ4n) is 9.15. The molecule has 0 bridgehead atoms. The van der Waals surface area contributed by atoms with E-state index in [1.807, 2.05) is 79.7 Å². The first kappa shape index (κ1) is 65.9. The lowest BCUT2D eigenvalue weighted by Crippen LogP contribution is -2.14. The van der Waals surface area contributed by atoms with Crippen LogP contribution in [0, 0.1) is 6.92 Å². The molecule has 0 atom stereocenters. The predicted molar refractivity (Wildman–Crippen MR) is 341 cm³/mol. The van der Waals surface area contributed by atoms with E-state index in [0.29, 0.717) is 35.7 Å². The lowest BCUT2D eigenvalue weighted by Gasteiger charge is -2.11. The highest BCUT2D eigenvalue weighted by Gasteiger charge is 2.32. The molecule has 462 valence electrons. The van der Waals surface area contributed by atoms with Crippen LogP contribution < -0.4 is 14.2 Å². The number of carbonyl (C=O) groups is 3. The molecule has 0 aromatic heterocycles. The third-order valence-corrected chi connectivity index (χ3v) is 18.4. The van der Waals surface area contributed by atoms with E-state index in [1.165, 1.54) is 24.3 Å². The van der Waals surface area contributed by atoms with Crippen LogP contribution in [-0.4, -0.2) is 58.5 Å². The van der Waals surface area contributed by atoms with Gasteiger partial charge < -0.3 is 15.3 Å². The van der Waals surface area contributed by atoms with Crippen molar-refractivity contribution in [1.29, 1.82) is 0 Å². The summed E-state index contributed by atoms with van der Waals surface area (Å²) in [4.78, 5) is 32.7. The Morgan fingerprint density at radius 2 is 0.689 bits per heavy atom. The van der Waals surface area contributed by atoms with Crippen molar-refractivity contribution in [3.8, 4) is 0 Å². The number of hydrogen-bond donors (Lipinski definition) is 6. The first-order valence-corrected chi connectivity index (χ1v) is 32.3. The molecule has 0 fully saturated rings. The van der Waals surface area contributed by atoms with Crippen molar-refractivity contribution in [3.63, 3.8) is 0 Å². The maximum Gasteiger partial charge on any atom is 0.416 e. The number of aromatic carboxylic acids is 3. The number of carboxylic acids is 3. The van der Waals surface area contributed by atoms with Gasteiger partial charge in [-0.1, -0.05) is 133 Å². The minimum Gasteiger partial charge on any atom is -0.478 e. The molecule has 0 aliphatic carbocycles. The zero-order valence-electron chi connectivity index (χ0n) is 48.1. The Bertz CT molecular complexity index is 4470. The van der Waals surface area contributed by atoms with Crippen LogP contribution >= 0.6 is 0 Å². The highest BCUT2D eigenvalue weighted by molar-refractivity contribution is 7.93. The van der Waals surface area contributed by atoms with E-state index < -0.39 is 64.6 Å². The molecular weight excluding hydrogens is 1220 g/mol. The summed E-state index contributed by atoms with van der Waals surface area (Å²) in [6, 6.07) is 64.1. The highest BCUT2D eigenvalue weighted by atomic mass is 32.2. The van der Waals surface area contributed by atoms with Crippen LogP contribution in [-0.2, 0) is 74.8 Å². The van der Waals surface area contributed by atoms with Crippen LogP contribution in [0.2, 0.25) is 0 Å². The molecule has 10 aromatic rings. The van der Waals surface area contributed by atoms with Crippen LogP contribution in [0.15, 0.2) is 251 Å². The second-order valence-electron chi connectivity index (χ2n) is 20.7. The number of nitrogens with one attached hydrogen (secondary N) is 3. The molecule has 0 saturated carbocycles. The Labute approximate surface area is 519 Å². The molecule has 0 spiro atoms. The number of fused-ring (bicyclic) bond motifs is 1. The van der Waals surface area contributed by atoms with Gasteiger partial charge in [-0.05, 0) is 193 Å². The normalized spacial score (nSPS) is 11.5. The first-order chi connectivity index (χ1) is 42.8. The average Bonchev–Trinajstić information content (AvgIpc) is 0.941. The van der Waals surface area contributed by atoms with E-state index in [0.717, 1.165) is 88.2 Å². The van der Waals surface area contributed by atoms with Gasteiger partial charge >= 0.3 is 24.1 Å². The molecule has 0 aliphatic heterocycles. The number of carboxylic acid groups (broad SMARTS) is 3. The number of aryl methyl sites for hydroxylation is 7. The Morgan fingerprint density at radius 3 is 1.06 bits per heavy atom. The summed E-state index contributed by atoms with van der Waals surface area (Å²) in [5.74, 6) is -2.86. The van der Waals surface area contributed by atoms with E-state index in [-0.39, 0.29) is 32.2 Å². The van der Waals surface area contributed by atoms with Gasteiger partial charge in [0.05, 0.1) is 36.9 Å². The van der Waals surface area contributed by atoms with Crippen molar-refractivity contribution in [2.75, 3.05) is 14.2 Å². The molecule has 0 heterocycles. The van der Waals surface area contributed by atoms with Gasteiger partial charge in [0.25, 0.3) is 30.1 Å². The van der Waals surface area contributed by atoms with Crippen LogP contribution in [0.5, 0.6) is 0 Å². The SMILES string of the molecule is Cc1ccc(S(=O)(=O)Nc2ccc(CCc3ccc(C(=O)O)cc3)cc2)cc1.O=C(O)c1ccc(CCc2ccc(NS(=O)(=O)c3cccc(C(F)(F)F)c3)cc2)cc1.O=C(O)c1ccc(CCc2ccc(NS(=O)(=O)c3cccc4ccccc34)cc2)cc1. The predicted octanol–water partition coefficient (Wildman–Crippen LogP) is 14.4. The quantitative estimate of drug-likeness (QED) is 0.0393. The average molecular weight is 1280 g/mol. The molecule has 0 radical (unpaired) electrons. The molecule has 6 N–H and O–H groups in total. The molecule has 10 aromatic carbocycles. The van der Waals surface area contributed by atoms with Gasteiger partial charge in [-0.15, -0.1) is 0 Å². The molecule has 15 nitrogen and oxygen atoms in total. The number of sulfonamides is 3. The molecule has 21 heteroatoms. The Balaban J connectivity index is 0.000000175. The fraction of sp³-hybridized carbons (Fsp3) is 0.116. The third kappa shape index (κ3) is 18.7. The second-order valence-corrected chi connectivity index (χ2v) is 25.7. The summed E-state index contributed by atoms with van der Waals surface area (Å²) < 4.78 is 122. The Kier molecular flexibility index (Phi) is 21.4. The van der Waals surface area contributed by atoms with Crippen LogP contribution in [0.4, 0.5) is 30.2 Å². The van der Waals surface area contributed by atoms with Gasteiger partial charge in [0, 0.05) is 22.4 Å². The van der Waals surface area contributed by atoms with Crippen molar-refractivity contribution in [3.05, 3.63) is 298 Å². The van der Waals surface area contributed by atoms with Crippen molar-refractivity contribution >= 4 is 75.8 Å². The summed E-state index contributed by atoms with van der Waals surface area (Å²) in [6.45, 7) is 1.91. The molecule has 0 unspecified atom stereocenters. The third-order valence-electron chi connectivity index (χ3n) is 14.2. The van der Waals surface area contributed by atoms with E-state index in [9.17, 15) is 52.8 Å². The minimum atomic E-state index is -4.64. The molecule has 0 amide bonds. The zero-order valence-corrected chi connectivity index (χ0v) is 50.6. The summed E-state index contributed by atoms with van der Waals surface area (Å²) in [7, 11) is -11.5. The highest BCUT2D eigenvalue weighted by Crippen LogP contribution is 2.31. The van der Waals surface area contributed by atoms with Gasteiger partial charge in [0.2, 0.25) is 0 Å². The molecule has 0 saturated heterocycles. The molecular formula is C69H60F3N3O12S3. The van der Waals surface area contributed by atoms with Crippen LogP contribution in [0.1, 0.15) is 75.6 Å². The number of hydrogen-bond acceptors (Lipinski definition) is 9. The topological polar surface area (TPSA) is 250 Å². The lowest BCUT2D eigenvalue weighted by atomic mass is 10.0. The van der Waals surface area contributed by atoms with Crippen molar-refractivity contribution < 1.29 is 68.1 Å². The van der Waals surface area contributed by atoms with Crippen molar-refractivity contribution in [2.24, 2.45) is 0 Å². The number of anilines is 3. The largest absolute Gasteiger partial charge is 0.478 e. The smallest absolute Gasteiger partial charge is 0.416 e. The summed E-state index contributed by atoms with van der Waals surface area (Å²) in [6.07, 6.45) is -0.251. The standard InChI is InChI=1S/C25H21NO4S.C22H18F3NO4S.C22H21NO4S/c27-25(28)21-14-10-18(11-15-21)8-9-19-12-16-22(17-13-19)26-31(29,30)24-7-3-5-20-4-1-2-6-23(20)24;23-22(24,25)18-2-1-3-20(14-18)31(29,30)26-19-12-8-16(9-13-19)5-4-15-6-10-17(11-7-15)21(27)28;1-16-2-14-21(15-3-16)28(26,27)23-20-12-8-18(9-13-20)5-4-17-6-10-19(11-7-17)22(24)25/h1-7,10-17,26H,8-9H2,(H,27,28);1-3,6-14,26H,4-5H2,(H,27,28);2-3,6-15,23H,4-5H2,1H3,(H,24,25). The second kappa shape index (κ2) is 29.3. The van der Waals surface area contributed by atoms with Crippen LogP contribution in [0.3, 0.4) is 0 Å². The molecule has 90 heavy (non-hydrogen) atoms. The minimum absolute atomic E-state index is 0.209. The van der Waals surface area contributed by atoms with E-state index in [4.69, 9.17) is 15.3 Å². The molecule has 0 aliphatic rings. The van der Waals surface area contributed by atoms with Crippen LogP contribution in [0.25, 0.3) is 10.8 Å². The van der Waals surface area contributed by atoms with Crippen molar-refractivity contribution in [1.82, 2.24) is 0 Å². The van der Waals surface area contributed by atoms with Gasteiger partial charge in [0.1, 0.15) is 0 Å². The number of halogens is 3. The van der Waals surface area contributed by atoms with E-state index in [1.54, 1.807) is 115 Å². The zero-order chi connectivity index (χ0) is 64.6. The first-order valence-electron chi connectivity index (χ1n) is 27.8. The Hall–Kier alpha value is -10.1. The number of rotatable bonds is 21. The van der Waals surface area contributed by atoms with Gasteiger partial charge in [-0.3, -0.25) is 14.2 Å². The number of alkyl halides is 3. The van der Waals surface area contributed by atoms with E-state index in [2.05, 4.69) is 14.2 Å². The summed E-state index contributed by atoms with van der Waals surface area (Å²) in [5.41, 5.74) is 8.06. The van der Waals surface area contributed by atoms with Crippen molar-refractivity contribution in [2.45, 2.75) is 66.3 Å². The van der Waals surface area contributed by atoms with Gasteiger partial charge in [0.15, 0.2) is 0 Å². The maximum atomic E-state index is 12.9. The van der Waals surface area contributed by atoms with Gasteiger partial charge in [-0.2, -0.15) is 13.2 Å². The fourth-order valence-corrected chi connectivity index (χ4v) is 12.6.